The van der Waals surface area contributed by atoms with Gasteiger partial charge in [0.1, 0.15) is 11.8 Å². The van der Waals surface area contributed by atoms with Crippen LogP contribution in [0.2, 0.25) is 5.02 Å². The zero-order valence-corrected chi connectivity index (χ0v) is 19.6. The van der Waals surface area contributed by atoms with Gasteiger partial charge in [0, 0.05) is 21.8 Å². The van der Waals surface area contributed by atoms with Gasteiger partial charge in [0.15, 0.2) is 10.2 Å². The summed E-state index contributed by atoms with van der Waals surface area (Å²) in [6.45, 7) is 2.07. The average molecular weight is 478 g/mol. The van der Waals surface area contributed by atoms with Crippen LogP contribution in [0.1, 0.15) is 29.1 Å². The van der Waals surface area contributed by atoms with E-state index < -0.39 is 0 Å². The average Bonchev–Trinajstić information content (AvgIpc) is 3.40. The Kier molecular flexibility index (Phi) is 5.91. The van der Waals surface area contributed by atoms with Crippen LogP contribution in [0, 0.1) is 6.92 Å². The van der Waals surface area contributed by atoms with E-state index in [1.807, 2.05) is 54.6 Å². The molecular formula is C25H20ClN3OS2. The van der Waals surface area contributed by atoms with Crippen LogP contribution in [0.5, 0.6) is 0 Å². The van der Waals surface area contributed by atoms with E-state index in [1.54, 1.807) is 18.0 Å². The van der Waals surface area contributed by atoms with E-state index in [0.717, 1.165) is 27.1 Å². The molecule has 0 radical (unpaired) electrons. The molecule has 3 heterocycles. The zero-order valence-electron chi connectivity index (χ0n) is 17.2. The molecule has 2 unspecified atom stereocenters. The molecule has 32 heavy (non-hydrogen) atoms. The quantitative estimate of drug-likeness (QED) is 0.313. The fourth-order valence-electron chi connectivity index (χ4n) is 3.79. The second-order valence-corrected chi connectivity index (χ2v) is 9.45. The van der Waals surface area contributed by atoms with Crippen LogP contribution < -0.4 is 10.2 Å². The number of thiocarbonyl (C=S) groups is 1. The summed E-state index contributed by atoms with van der Waals surface area (Å²) < 4.78 is 6.34. The summed E-state index contributed by atoms with van der Waals surface area (Å²) in [7, 11) is 0. The Hall–Kier alpha value is -2.80. The fourth-order valence-corrected chi connectivity index (χ4v) is 5.04. The molecule has 1 N–H and O–H groups in total. The lowest BCUT2D eigenvalue weighted by Crippen LogP contribution is -2.29. The van der Waals surface area contributed by atoms with Crippen LogP contribution in [-0.4, -0.2) is 10.1 Å². The van der Waals surface area contributed by atoms with E-state index in [-0.39, 0.29) is 12.1 Å². The Balaban J connectivity index is 1.52. The van der Waals surface area contributed by atoms with Gasteiger partial charge in [-0.1, -0.05) is 47.1 Å². The lowest BCUT2D eigenvalue weighted by molar-refractivity contribution is 0.383. The van der Waals surface area contributed by atoms with Crippen LogP contribution in [-0.2, 0) is 0 Å². The second kappa shape index (κ2) is 8.98. The molecule has 2 atom stereocenters. The molecule has 1 aliphatic heterocycles. The summed E-state index contributed by atoms with van der Waals surface area (Å²) in [5, 5.41) is 5.64. The SMILES string of the molecule is Cc1ccc(N2C(=S)NC(c3ccccn3)C2c2ccc(Sc3ccc(Cl)cc3)o2)cc1. The molecular weight excluding hydrogens is 458 g/mol. The second-order valence-electron chi connectivity index (χ2n) is 7.54. The molecule has 1 saturated heterocycles. The highest BCUT2D eigenvalue weighted by Gasteiger charge is 2.42. The number of rotatable bonds is 5. The number of benzene rings is 2. The number of anilines is 1. The Morgan fingerprint density at radius 2 is 1.78 bits per heavy atom. The Labute approximate surface area is 201 Å². The molecule has 1 aliphatic rings. The smallest absolute Gasteiger partial charge is 0.174 e. The molecule has 0 spiro atoms. The summed E-state index contributed by atoms with van der Waals surface area (Å²) in [5.41, 5.74) is 3.13. The van der Waals surface area contributed by atoms with Gasteiger partial charge in [0.05, 0.1) is 11.7 Å². The normalized spacial score (nSPS) is 18.1. The van der Waals surface area contributed by atoms with E-state index >= 15 is 0 Å². The van der Waals surface area contributed by atoms with Gasteiger partial charge in [0.2, 0.25) is 0 Å². The monoisotopic (exact) mass is 477 g/mol. The molecule has 4 nitrogen and oxygen atoms in total. The van der Waals surface area contributed by atoms with Gasteiger partial charge in [-0.3, -0.25) is 4.98 Å². The van der Waals surface area contributed by atoms with E-state index in [9.17, 15) is 0 Å². The summed E-state index contributed by atoms with van der Waals surface area (Å²) in [4.78, 5) is 7.76. The topological polar surface area (TPSA) is 41.3 Å². The first-order valence-corrected chi connectivity index (χ1v) is 11.8. The van der Waals surface area contributed by atoms with Gasteiger partial charge in [-0.05, 0) is 79.8 Å². The first-order valence-electron chi connectivity index (χ1n) is 10.2. The van der Waals surface area contributed by atoms with E-state index in [4.69, 9.17) is 28.2 Å². The van der Waals surface area contributed by atoms with Crippen LogP contribution in [0.3, 0.4) is 0 Å². The number of pyridine rings is 1. The maximum atomic E-state index is 6.34. The number of aryl methyl sites for hydroxylation is 1. The van der Waals surface area contributed by atoms with Gasteiger partial charge in [0.25, 0.3) is 0 Å². The van der Waals surface area contributed by atoms with Crippen molar-refractivity contribution in [2.75, 3.05) is 4.90 Å². The lowest BCUT2D eigenvalue weighted by Gasteiger charge is -2.26. The molecule has 0 aliphatic carbocycles. The summed E-state index contributed by atoms with van der Waals surface area (Å²) in [6.07, 6.45) is 1.80. The van der Waals surface area contributed by atoms with Gasteiger partial charge in [-0.2, -0.15) is 0 Å². The van der Waals surface area contributed by atoms with Crippen molar-refractivity contribution in [3.63, 3.8) is 0 Å². The molecule has 2 aromatic heterocycles. The van der Waals surface area contributed by atoms with E-state index in [1.165, 1.54) is 5.56 Å². The Morgan fingerprint density at radius 1 is 1.00 bits per heavy atom. The summed E-state index contributed by atoms with van der Waals surface area (Å²) in [5.74, 6) is 0.824. The molecule has 1 fully saturated rings. The van der Waals surface area contributed by atoms with E-state index in [2.05, 4.69) is 46.4 Å². The molecule has 0 bridgehead atoms. The standard InChI is InChI=1S/C25H20ClN3OS2/c1-16-5-9-18(10-6-16)29-24(23(28-25(29)31)20-4-2-3-15-27-20)21-13-14-22(30-21)32-19-11-7-17(26)8-12-19/h2-15,23-24H,1H3,(H,28,31). The minimum atomic E-state index is -0.167. The van der Waals surface area contributed by atoms with Crippen molar-refractivity contribution in [2.45, 2.75) is 29.0 Å². The van der Waals surface area contributed by atoms with Crippen LogP contribution in [0.25, 0.3) is 0 Å². The van der Waals surface area contributed by atoms with Crippen molar-refractivity contribution < 1.29 is 4.42 Å². The van der Waals surface area contributed by atoms with Crippen LogP contribution in [0.15, 0.2) is 99.5 Å². The highest BCUT2D eigenvalue weighted by atomic mass is 35.5. The minimum Gasteiger partial charge on any atom is -0.452 e. The number of nitrogens with zero attached hydrogens (tertiary/aromatic N) is 2. The largest absolute Gasteiger partial charge is 0.452 e. The summed E-state index contributed by atoms with van der Waals surface area (Å²) >= 11 is 13.3. The Morgan fingerprint density at radius 3 is 2.50 bits per heavy atom. The van der Waals surface area contributed by atoms with Gasteiger partial charge >= 0.3 is 0 Å². The molecule has 2 aromatic carbocycles. The van der Waals surface area contributed by atoms with Gasteiger partial charge in [-0.25, -0.2) is 0 Å². The Bertz CT molecular complexity index is 1230. The number of furan rings is 1. The number of aromatic nitrogens is 1. The number of nitrogens with one attached hydrogen (secondary N) is 1. The lowest BCUT2D eigenvalue weighted by atomic mass is 10.0. The van der Waals surface area contributed by atoms with Crippen molar-refractivity contribution >= 4 is 46.4 Å². The third-order valence-electron chi connectivity index (χ3n) is 5.34. The van der Waals surface area contributed by atoms with Gasteiger partial charge < -0.3 is 14.6 Å². The predicted octanol–water partition coefficient (Wildman–Crippen LogP) is 6.96. The fraction of sp³-hybridized carbons (Fsp3) is 0.120. The molecule has 160 valence electrons. The molecule has 7 heteroatoms. The van der Waals surface area contributed by atoms with Crippen molar-refractivity contribution in [3.05, 3.63) is 107 Å². The zero-order chi connectivity index (χ0) is 22.1. The van der Waals surface area contributed by atoms with Crippen molar-refractivity contribution in [3.8, 4) is 0 Å². The van der Waals surface area contributed by atoms with Gasteiger partial charge in [-0.15, -0.1) is 0 Å². The molecule has 0 amide bonds. The molecule has 4 aromatic rings. The van der Waals surface area contributed by atoms with Crippen molar-refractivity contribution in [1.29, 1.82) is 0 Å². The maximum absolute atomic E-state index is 6.34. The molecule has 0 saturated carbocycles. The van der Waals surface area contributed by atoms with Crippen molar-refractivity contribution in [2.24, 2.45) is 0 Å². The van der Waals surface area contributed by atoms with Crippen molar-refractivity contribution in [1.82, 2.24) is 10.3 Å². The third kappa shape index (κ3) is 4.26. The first-order chi connectivity index (χ1) is 15.6. The molecule has 5 rings (SSSR count). The number of halogens is 1. The van der Waals surface area contributed by atoms with E-state index in [0.29, 0.717) is 10.1 Å². The number of hydrogen-bond acceptors (Lipinski definition) is 4. The number of hydrogen-bond donors (Lipinski definition) is 1. The van der Waals surface area contributed by atoms with Crippen LogP contribution in [0.4, 0.5) is 5.69 Å². The third-order valence-corrected chi connectivity index (χ3v) is 6.83. The maximum Gasteiger partial charge on any atom is 0.174 e. The van der Waals surface area contributed by atoms with Crippen LogP contribution >= 0.6 is 35.6 Å². The minimum absolute atomic E-state index is 0.135. The first kappa shape index (κ1) is 21.1. The highest BCUT2D eigenvalue weighted by Crippen LogP contribution is 2.43. The predicted molar refractivity (Wildman–Crippen MR) is 133 cm³/mol. The summed E-state index contributed by atoms with van der Waals surface area (Å²) in [6, 6.07) is 25.7. The highest BCUT2D eigenvalue weighted by molar-refractivity contribution is 7.99.